The molecule has 2 nitrogen and oxygen atoms in total. The minimum atomic E-state index is -0.0482. The van der Waals surface area contributed by atoms with Gasteiger partial charge in [0.1, 0.15) is 0 Å². The van der Waals surface area contributed by atoms with Crippen LogP contribution < -0.4 is 5.32 Å². The molecule has 0 aromatic rings. The Labute approximate surface area is 74.0 Å². The second kappa shape index (κ2) is 4.96. The number of carbonyl (C=O) groups excluding carboxylic acids is 1. The highest BCUT2D eigenvalue weighted by molar-refractivity contribution is 5.86. The summed E-state index contributed by atoms with van der Waals surface area (Å²) in [5.41, 5.74) is 0. The second-order valence-corrected chi connectivity index (χ2v) is 3.43. The molecule has 1 fully saturated rings. The minimum Gasteiger partial charge on any atom is -0.353 e. The van der Waals surface area contributed by atoms with E-state index in [0.717, 1.165) is 18.9 Å². The molecule has 0 atom stereocenters. The maximum absolute atomic E-state index is 10.8. The summed E-state index contributed by atoms with van der Waals surface area (Å²) in [4.78, 5) is 10.8. The van der Waals surface area contributed by atoms with Gasteiger partial charge in [-0.1, -0.05) is 32.3 Å². The summed E-state index contributed by atoms with van der Waals surface area (Å²) < 4.78 is 0. The summed E-state index contributed by atoms with van der Waals surface area (Å²) in [6.07, 6.45) is 7.92. The predicted octanol–water partition coefficient (Wildman–Crippen LogP) is 1.87. The Kier molecular flexibility index (Phi) is 3.85. The number of amides is 1. The van der Waals surface area contributed by atoms with Crippen LogP contribution in [0.4, 0.5) is 0 Å². The van der Waals surface area contributed by atoms with Crippen molar-refractivity contribution >= 4 is 5.91 Å². The first kappa shape index (κ1) is 9.30. The minimum absolute atomic E-state index is 0.0482. The number of rotatable bonds is 4. The lowest BCUT2D eigenvalue weighted by molar-refractivity contribution is -0.116. The van der Waals surface area contributed by atoms with E-state index in [0.29, 0.717) is 0 Å². The molecular weight excluding hydrogens is 150 g/mol. The van der Waals surface area contributed by atoms with Crippen LogP contribution in [0.2, 0.25) is 0 Å². The third-order valence-corrected chi connectivity index (χ3v) is 2.51. The Morgan fingerprint density at radius 1 is 1.50 bits per heavy atom. The molecule has 1 aliphatic carbocycles. The van der Waals surface area contributed by atoms with Gasteiger partial charge in [0, 0.05) is 6.54 Å². The fourth-order valence-electron chi connectivity index (χ4n) is 1.77. The average Bonchev–Trinajstić information content (AvgIpc) is 2.57. The first-order chi connectivity index (χ1) is 5.83. The van der Waals surface area contributed by atoms with Crippen LogP contribution in [-0.2, 0) is 4.79 Å². The van der Waals surface area contributed by atoms with Crippen molar-refractivity contribution < 1.29 is 4.79 Å². The lowest BCUT2D eigenvalue weighted by Crippen LogP contribution is -2.23. The summed E-state index contributed by atoms with van der Waals surface area (Å²) >= 11 is 0. The van der Waals surface area contributed by atoms with Gasteiger partial charge in [-0.05, 0) is 18.4 Å². The number of carbonyl (C=O) groups is 1. The summed E-state index contributed by atoms with van der Waals surface area (Å²) in [6, 6.07) is 0. The molecule has 0 spiro atoms. The van der Waals surface area contributed by atoms with E-state index in [1.807, 2.05) is 0 Å². The summed E-state index contributed by atoms with van der Waals surface area (Å²) in [7, 11) is 0. The zero-order valence-corrected chi connectivity index (χ0v) is 7.51. The van der Waals surface area contributed by atoms with E-state index in [-0.39, 0.29) is 5.91 Å². The van der Waals surface area contributed by atoms with Gasteiger partial charge < -0.3 is 5.32 Å². The average molecular weight is 167 g/mol. The van der Waals surface area contributed by atoms with Crippen LogP contribution in [-0.4, -0.2) is 12.5 Å². The first-order valence-electron chi connectivity index (χ1n) is 4.73. The van der Waals surface area contributed by atoms with E-state index >= 15 is 0 Å². The van der Waals surface area contributed by atoms with Crippen molar-refractivity contribution in [2.24, 2.45) is 5.92 Å². The van der Waals surface area contributed by atoms with E-state index in [2.05, 4.69) is 11.9 Å². The van der Waals surface area contributed by atoms with Gasteiger partial charge in [-0.3, -0.25) is 4.79 Å². The molecule has 1 N–H and O–H groups in total. The monoisotopic (exact) mass is 167 g/mol. The second-order valence-electron chi connectivity index (χ2n) is 3.43. The largest absolute Gasteiger partial charge is 0.353 e. The number of hydrogen-bond acceptors (Lipinski definition) is 1. The molecule has 1 amide bonds. The molecule has 0 aliphatic heterocycles. The van der Waals surface area contributed by atoms with Crippen LogP contribution in [0.5, 0.6) is 0 Å². The number of hydrogen-bond donors (Lipinski definition) is 1. The molecule has 68 valence electrons. The van der Waals surface area contributed by atoms with Gasteiger partial charge in [0.2, 0.25) is 5.91 Å². The highest BCUT2D eigenvalue weighted by Gasteiger charge is 2.13. The SMILES string of the molecule is C=CC(=O)NCCC1CCCC1. The topological polar surface area (TPSA) is 29.1 Å². The highest BCUT2D eigenvalue weighted by Crippen LogP contribution is 2.26. The van der Waals surface area contributed by atoms with Crippen LogP contribution in [0.1, 0.15) is 32.1 Å². The van der Waals surface area contributed by atoms with Crippen molar-refractivity contribution in [3.05, 3.63) is 12.7 Å². The van der Waals surface area contributed by atoms with Crippen LogP contribution in [0.15, 0.2) is 12.7 Å². The Morgan fingerprint density at radius 3 is 2.75 bits per heavy atom. The van der Waals surface area contributed by atoms with Crippen LogP contribution in [0, 0.1) is 5.92 Å². The van der Waals surface area contributed by atoms with Crippen molar-refractivity contribution in [3.63, 3.8) is 0 Å². The molecular formula is C10H17NO. The van der Waals surface area contributed by atoms with Crippen LogP contribution >= 0.6 is 0 Å². The molecule has 12 heavy (non-hydrogen) atoms. The molecule has 1 saturated carbocycles. The zero-order valence-electron chi connectivity index (χ0n) is 7.51. The Balaban J connectivity index is 2.01. The first-order valence-corrected chi connectivity index (χ1v) is 4.73. The Hall–Kier alpha value is -0.790. The van der Waals surface area contributed by atoms with Crippen molar-refractivity contribution in [1.29, 1.82) is 0 Å². The molecule has 0 radical (unpaired) electrons. The van der Waals surface area contributed by atoms with Crippen LogP contribution in [0.3, 0.4) is 0 Å². The molecule has 0 bridgehead atoms. The van der Waals surface area contributed by atoms with E-state index in [1.165, 1.54) is 31.8 Å². The van der Waals surface area contributed by atoms with Crippen molar-refractivity contribution in [3.8, 4) is 0 Å². The molecule has 0 heterocycles. The lowest BCUT2D eigenvalue weighted by atomic mass is 10.0. The molecule has 0 aromatic heterocycles. The smallest absolute Gasteiger partial charge is 0.243 e. The number of nitrogens with one attached hydrogen (secondary N) is 1. The quantitative estimate of drug-likeness (QED) is 0.636. The van der Waals surface area contributed by atoms with Gasteiger partial charge >= 0.3 is 0 Å². The Morgan fingerprint density at radius 2 is 2.17 bits per heavy atom. The lowest BCUT2D eigenvalue weighted by Gasteiger charge is -2.07. The highest BCUT2D eigenvalue weighted by atomic mass is 16.1. The van der Waals surface area contributed by atoms with E-state index in [1.54, 1.807) is 0 Å². The molecule has 0 saturated heterocycles. The van der Waals surface area contributed by atoms with Gasteiger partial charge in [0.05, 0.1) is 0 Å². The fraction of sp³-hybridized carbons (Fsp3) is 0.700. The van der Waals surface area contributed by atoms with E-state index in [9.17, 15) is 4.79 Å². The normalized spacial score (nSPS) is 17.7. The zero-order chi connectivity index (χ0) is 8.81. The molecule has 0 aromatic carbocycles. The molecule has 0 unspecified atom stereocenters. The maximum Gasteiger partial charge on any atom is 0.243 e. The van der Waals surface area contributed by atoms with Gasteiger partial charge in [-0.2, -0.15) is 0 Å². The molecule has 1 rings (SSSR count). The van der Waals surface area contributed by atoms with E-state index < -0.39 is 0 Å². The predicted molar refractivity (Wildman–Crippen MR) is 49.8 cm³/mol. The third kappa shape index (κ3) is 3.07. The van der Waals surface area contributed by atoms with Crippen molar-refractivity contribution in [2.45, 2.75) is 32.1 Å². The van der Waals surface area contributed by atoms with Crippen molar-refractivity contribution in [2.75, 3.05) is 6.54 Å². The molecule has 2 heteroatoms. The van der Waals surface area contributed by atoms with Gasteiger partial charge in [-0.15, -0.1) is 0 Å². The van der Waals surface area contributed by atoms with Crippen LogP contribution in [0.25, 0.3) is 0 Å². The maximum atomic E-state index is 10.8. The summed E-state index contributed by atoms with van der Waals surface area (Å²) in [6.45, 7) is 4.21. The summed E-state index contributed by atoms with van der Waals surface area (Å²) in [5, 5.41) is 2.80. The Bertz CT molecular complexity index is 159. The third-order valence-electron chi connectivity index (χ3n) is 2.51. The summed E-state index contributed by atoms with van der Waals surface area (Å²) in [5.74, 6) is 0.808. The van der Waals surface area contributed by atoms with Crippen molar-refractivity contribution in [1.82, 2.24) is 5.32 Å². The van der Waals surface area contributed by atoms with Gasteiger partial charge in [-0.25, -0.2) is 0 Å². The fourth-order valence-corrected chi connectivity index (χ4v) is 1.77. The standard InChI is InChI=1S/C10H17NO/c1-2-10(12)11-8-7-9-5-3-4-6-9/h2,9H,1,3-8H2,(H,11,12). The molecule has 1 aliphatic rings. The van der Waals surface area contributed by atoms with E-state index in [4.69, 9.17) is 0 Å². The van der Waals surface area contributed by atoms with Gasteiger partial charge in [0.25, 0.3) is 0 Å². The van der Waals surface area contributed by atoms with Gasteiger partial charge in [0.15, 0.2) is 0 Å².